The molecule has 2 rings (SSSR count). The van der Waals surface area contributed by atoms with Crippen molar-refractivity contribution in [3.63, 3.8) is 0 Å². The summed E-state index contributed by atoms with van der Waals surface area (Å²) in [4.78, 5) is 11.9. The predicted octanol–water partition coefficient (Wildman–Crippen LogP) is 4.05. The Hall–Kier alpha value is -2.29. The number of amides is 1. The first-order valence-corrected chi connectivity index (χ1v) is 7.22. The van der Waals surface area contributed by atoms with Crippen LogP contribution in [0.15, 0.2) is 42.5 Å². The molecule has 2 N–H and O–H groups in total. The van der Waals surface area contributed by atoms with Crippen molar-refractivity contribution >= 4 is 17.3 Å². The lowest BCUT2D eigenvalue weighted by Crippen LogP contribution is -2.16. The summed E-state index contributed by atoms with van der Waals surface area (Å²) in [5.74, 6) is 0.0263. The van der Waals surface area contributed by atoms with Crippen LogP contribution >= 0.6 is 0 Å². The Morgan fingerprint density at radius 3 is 2.48 bits per heavy atom. The minimum atomic E-state index is 0.0263. The van der Waals surface area contributed by atoms with E-state index in [1.54, 1.807) is 0 Å². The summed E-state index contributed by atoms with van der Waals surface area (Å²) in [6.45, 7) is 6.79. The summed E-state index contributed by atoms with van der Waals surface area (Å²) < 4.78 is 0. The summed E-state index contributed by atoms with van der Waals surface area (Å²) in [6.07, 6.45) is 0.445. The van der Waals surface area contributed by atoms with Gasteiger partial charge in [0.15, 0.2) is 0 Å². The van der Waals surface area contributed by atoms with Crippen molar-refractivity contribution in [3.8, 4) is 0 Å². The third-order valence-corrected chi connectivity index (χ3v) is 3.49. The van der Waals surface area contributed by atoms with Gasteiger partial charge in [-0.3, -0.25) is 4.79 Å². The molecule has 21 heavy (non-hydrogen) atoms. The summed E-state index contributed by atoms with van der Waals surface area (Å²) in [5, 5.41) is 6.19. The molecule has 0 aliphatic carbocycles. The van der Waals surface area contributed by atoms with E-state index in [0.717, 1.165) is 11.4 Å². The molecule has 110 valence electrons. The van der Waals surface area contributed by atoms with E-state index >= 15 is 0 Å². The molecule has 0 radical (unpaired) electrons. The minimum absolute atomic E-state index is 0.0263. The van der Waals surface area contributed by atoms with Gasteiger partial charge in [-0.1, -0.05) is 18.2 Å². The molecule has 0 heterocycles. The van der Waals surface area contributed by atoms with Crippen LogP contribution < -0.4 is 10.6 Å². The zero-order valence-corrected chi connectivity index (χ0v) is 12.9. The van der Waals surface area contributed by atoms with Crippen LogP contribution in [0.2, 0.25) is 0 Å². The largest absolute Gasteiger partial charge is 0.385 e. The van der Waals surface area contributed by atoms with E-state index in [0.29, 0.717) is 13.0 Å². The maximum atomic E-state index is 11.9. The highest BCUT2D eigenvalue weighted by Gasteiger charge is 2.03. The highest BCUT2D eigenvalue weighted by molar-refractivity contribution is 5.91. The molecule has 3 heteroatoms. The molecule has 0 fully saturated rings. The van der Waals surface area contributed by atoms with E-state index < -0.39 is 0 Å². The Labute approximate surface area is 126 Å². The van der Waals surface area contributed by atoms with Gasteiger partial charge in [-0.2, -0.15) is 0 Å². The van der Waals surface area contributed by atoms with Gasteiger partial charge in [0.1, 0.15) is 0 Å². The molecular formula is C18H22N2O. The number of hydrogen-bond donors (Lipinski definition) is 2. The van der Waals surface area contributed by atoms with E-state index in [-0.39, 0.29) is 5.91 Å². The lowest BCUT2D eigenvalue weighted by molar-refractivity contribution is -0.115. The molecule has 0 unspecified atom stereocenters. The number of hydrogen-bond acceptors (Lipinski definition) is 2. The Kier molecular flexibility index (Phi) is 4.99. The second-order valence-electron chi connectivity index (χ2n) is 5.39. The number of aryl methyl sites for hydroxylation is 3. The van der Waals surface area contributed by atoms with Crippen molar-refractivity contribution in [2.24, 2.45) is 0 Å². The van der Waals surface area contributed by atoms with Crippen LogP contribution in [0.25, 0.3) is 0 Å². The molecule has 2 aromatic rings. The number of benzene rings is 2. The molecule has 0 spiro atoms. The molecule has 0 aromatic heterocycles. The lowest BCUT2D eigenvalue weighted by Gasteiger charge is -2.09. The summed E-state index contributed by atoms with van der Waals surface area (Å²) >= 11 is 0. The summed E-state index contributed by atoms with van der Waals surface area (Å²) in [7, 11) is 0. The molecule has 1 amide bonds. The predicted molar refractivity (Wildman–Crippen MR) is 88.8 cm³/mol. The zero-order chi connectivity index (χ0) is 15.2. The van der Waals surface area contributed by atoms with Crippen LogP contribution in [0.1, 0.15) is 23.1 Å². The van der Waals surface area contributed by atoms with Gasteiger partial charge in [0, 0.05) is 24.3 Å². The topological polar surface area (TPSA) is 41.1 Å². The van der Waals surface area contributed by atoms with E-state index in [9.17, 15) is 4.79 Å². The Bertz CT molecular complexity index is 635. The lowest BCUT2D eigenvalue weighted by atomic mass is 10.1. The SMILES string of the molecule is Cc1cccc(NCCC(=O)Nc2ccc(C)c(C)c2)c1. The Balaban J connectivity index is 1.81. The first kappa shape index (κ1) is 15.1. The second-order valence-corrected chi connectivity index (χ2v) is 5.39. The normalized spacial score (nSPS) is 10.2. The van der Waals surface area contributed by atoms with Crippen LogP contribution in [-0.2, 0) is 4.79 Å². The maximum Gasteiger partial charge on any atom is 0.226 e. The van der Waals surface area contributed by atoms with Gasteiger partial charge in [0.2, 0.25) is 5.91 Å². The van der Waals surface area contributed by atoms with Crippen molar-refractivity contribution < 1.29 is 4.79 Å². The van der Waals surface area contributed by atoms with Crippen molar-refractivity contribution in [1.82, 2.24) is 0 Å². The van der Waals surface area contributed by atoms with Crippen molar-refractivity contribution in [2.45, 2.75) is 27.2 Å². The van der Waals surface area contributed by atoms with Crippen molar-refractivity contribution in [3.05, 3.63) is 59.2 Å². The van der Waals surface area contributed by atoms with Gasteiger partial charge in [0.05, 0.1) is 0 Å². The average molecular weight is 282 g/mol. The number of carbonyl (C=O) groups excluding carboxylic acids is 1. The molecule has 0 atom stereocenters. The zero-order valence-electron chi connectivity index (χ0n) is 12.9. The van der Waals surface area contributed by atoms with Gasteiger partial charge in [-0.15, -0.1) is 0 Å². The smallest absolute Gasteiger partial charge is 0.226 e. The van der Waals surface area contributed by atoms with Crippen LogP contribution in [0.4, 0.5) is 11.4 Å². The van der Waals surface area contributed by atoms with E-state index in [4.69, 9.17) is 0 Å². The Morgan fingerprint density at radius 1 is 0.952 bits per heavy atom. The second kappa shape index (κ2) is 6.93. The minimum Gasteiger partial charge on any atom is -0.385 e. The van der Waals surface area contributed by atoms with Gasteiger partial charge in [-0.05, 0) is 61.7 Å². The van der Waals surface area contributed by atoms with E-state index in [1.165, 1.54) is 16.7 Å². The third kappa shape index (κ3) is 4.63. The first-order valence-electron chi connectivity index (χ1n) is 7.22. The maximum absolute atomic E-state index is 11.9. The highest BCUT2D eigenvalue weighted by Crippen LogP contribution is 2.14. The molecule has 0 saturated carbocycles. The number of nitrogens with one attached hydrogen (secondary N) is 2. The fourth-order valence-corrected chi connectivity index (χ4v) is 2.12. The highest BCUT2D eigenvalue weighted by atomic mass is 16.1. The first-order chi connectivity index (χ1) is 10.0. The molecule has 3 nitrogen and oxygen atoms in total. The quantitative estimate of drug-likeness (QED) is 0.868. The monoisotopic (exact) mass is 282 g/mol. The van der Waals surface area contributed by atoms with Gasteiger partial charge < -0.3 is 10.6 Å². The number of rotatable bonds is 5. The van der Waals surface area contributed by atoms with Crippen LogP contribution in [-0.4, -0.2) is 12.5 Å². The average Bonchev–Trinajstić information content (AvgIpc) is 2.43. The fourth-order valence-electron chi connectivity index (χ4n) is 2.12. The van der Waals surface area contributed by atoms with Gasteiger partial charge in [-0.25, -0.2) is 0 Å². The Morgan fingerprint density at radius 2 is 1.76 bits per heavy atom. The van der Waals surface area contributed by atoms with Crippen LogP contribution in [0, 0.1) is 20.8 Å². The van der Waals surface area contributed by atoms with Crippen molar-refractivity contribution in [1.29, 1.82) is 0 Å². The molecular weight excluding hydrogens is 260 g/mol. The summed E-state index contributed by atoms with van der Waals surface area (Å²) in [6, 6.07) is 14.1. The molecule has 2 aromatic carbocycles. The number of carbonyl (C=O) groups is 1. The fraction of sp³-hybridized carbons (Fsp3) is 0.278. The van der Waals surface area contributed by atoms with Crippen LogP contribution in [0.3, 0.4) is 0 Å². The van der Waals surface area contributed by atoms with Gasteiger partial charge in [0.25, 0.3) is 0 Å². The molecule has 0 saturated heterocycles. The molecule has 0 aliphatic rings. The number of anilines is 2. The standard InChI is InChI=1S/C18H22N2O/c1-13-5-4-6-16(11-13)19-10-9-18(21)20-17-8-7-14(2)15(3)12-17/h4-8,11-12,19H,9-10H2,1-3H3,(H,20,21). The van der Waals surface area contributed by atoms with E-state index in [1.807, 2.05) is 37.3 Å². The molecule has 0 bridgehead atoms. The van der Waals surface area contributed by atoms with Crippen LogP contribution in [0.5, 0.6) is 0 Å². The van der Waals surface area contributed by atoms with E-state index in [2.05, 4.69) is 36.6 Å². The summed E-state index contributed by atoms with van der Waals surface area (Å²) in [5.41, 5.74) is 5.53. The van der Waals surface area contributed by atoms with Crippen molar-refractivity contribution in [2.75, 3.05) is 17.2 Å². The third-order valence-electron chi connectivity index (χ3n) is 3.49. The molecule has 0 aliphatic heterocycles. The van der Waals surface area contributed by atoms with Gasteiger partial charge >= 0.3 is 0 Å².